The number of fused-ring (bicyclic) bond motifs is 1. The number of aryl methyl sites for hydroxylation is 2. The fraction of sp³-hybridized carbons (Fsp3) is 0.222. The summed E-state index contributed by atoms with van der Waals surface area (Å²) in [4.78, 5) is 31.5. The maximum absolute atomic E-state index is 14.9. The third-order valence-electron chi connectivity index (χ3n) is 6.46. The van der Waals surface area contributed by atoms with Crippen LogP contribution in [0.5, 0.6) is 0 Å². The molecule has 1 fully saturated rings. The molecule has 0 spiro atoms. The predicted molar refractivity (Wildman–Crippen MR) is 122 cm³/mol. The molecule has 3 aromatic rings. The predicted octanol–water partition coefficient (Wildman–Crippen LogP) is 4.72. The van der Waals surface area contributed by atoms with Gasteiger partial charge in [-0.2, -0.15) is 0 Å². The molecule has 2 heterocycles. The summed E-state index contributed by atoms with van der Waals surface area (Å²) >= 11 is 0. The van der Waals surface area contributed by atoms with E-state index in [4.69, 9.17) is 0 Å². The van der Waals surface area contributed by atoms with Gasteiger partial charge in [-0.3, -0.25) is 14.6 Å². The number of hydrogen-bond donors (Lipinski definition) is 1. The van der Waals surface area contributed by atoms with Gasteiger partial charge in [-0.1, -0.05) is 30.3 Å². The van der Waals surface area contributed by atoms with E-state index < -0.39 is 23.5 Å². The van der Waals surface area contributed by atoms with Crippen LogP contribution < -0.4 is 0 Å². The van der Waals surface area contributed by atoms with Gasteiger partial charge < -0.3 is 10.0 Å². The Morgan fingerprint density at radius 3 is 2.48 bits per heavy atom. The van der Waals surface area contributed by atoms with Crippen LogP contribution in [0.1, 0.15) is 46.7 Å². The zero-order valence-electron chi connectivity index (χ0n) is 18.0. The minimum Gasteiger partial charge on any atom is -0.507 e. The SMILES string of the molecule is O=C1C(=O)N(Cc2ccncc2)C(c2ccccc2F)/C1=C(\O)c1ccc2c(c1)CCCC2. The van der Waals surface area contributed by atoms with Gasteiger partial charge in [-0.05, 0) is 66.6 Å². The normalized spacial score (nSPS) is 19.5. The molecule has 5 rings (SSSR count). The number of aliphatic hydroxyl groups is 1. The van der Waals surface area contributed by atoms with Crippen LogP contribution in [-0.2, 0) is 29.0 Å². The zero-order chi connectivity index (χ0) is 22.9. The number of likely N-dealkylation sites (tertiary alicyclic amines) is 1. The molecule has 5 nitrogen and oxygen atoms in total. The molecule has 1 aliphatic heterocycles. The quantitative estimate of drug-likeness (QED) is 0.361. The van der Waals surface area contributed by atoms with Gasteiger partial charge in [0.2, 0.25) is 0 Å². The first-order valence-electron chi connectivity index (χ1n) is 11.1. The number of pyridine rings is 1. The standard InChI is InChI=1S/C27H23FN2O3/c28-22-8-4-3-7-21(22)24-23(25(31)20-10-9-18-5-1-2-6-19(18)15-20)26(32)27(33)30(24)16-17-11-13-29-14-12-17/h3-4,7-15,24,31H,1-2,5-6,16H2/b25-23+. The van der Waals surface area contributed by atoms with Crippen molar-refractivity contribution >= 4 is 17.4 Å². The highest BCUT2D eigenvalue weighted by Gasteiger charge is 2.47. The van der Waals surface area contributed by atoms with Crippen molar-refractivity contribution in [1.29, 1.82) is 0 Å². The minimum absolute atomic E-state index is 0.0880. The lowest BCUT2D eigenvalue weighted by molar-refractivity contribution is -0.140. The van der Waals surface area contributed by atoms with Crippen molar-refractivity contribution < 1.29 is 19.1 Å². The number of benzene rings is 2. The van der Waals surface area contributed by atoms with E-state index in [9.17, 15) is 19.1 Å². The monoisotopic (exact) mass is 442 g/mol. The lowest BCUT2D eigenvalue weighted by Gasteiger charge is -2.26. The molecule has 1 aromatic heterocycles. The van der Waals surface area contributed by atoms with Gasteiger partial charge in [-0.25, -0.2) is 4.39 Å². The Morgan fingerprint density at radius 1 is 1.00 bits per heavy atom. The molecular weight excluding hydrogens is 419 g/mol. The Bertz CT molecular complexity index is 1270. The molecule has 166 valence electrons. The van der Waals surface area contributed by atoms with E-state index in [1.165, 1.54) is 16.5 Å². The fourth-order valence-electron chi connectivity index (χ4n) is 4.78. The molecule has 6 heteroatoms. The van der Waals surface area contributed by atoms with E-state index in [2.05, 4.69) is 4.98 Å². The van der Waals surface area contributed by atoms with Crippen LogP contribution in [0, 0.1) is 5.82 Å². The van der Waals surface area contributed by atoms with Gasteiger partial charge in [-0.15, -0.1) is 0 Å². The van der Waals surface area contributed by atoms with Crippen molar-refractivity contribution in [1.82, 2.24) is 9.88 Å². The third kappa shape index (κ3) is 3.82. The van der Waals surface area contributed by atoms with Crippen LogP contribution in [-0.4, -0.2) is 26.7 Å². The molecule has 0 saturated carbocycles. The average Bonchev–Trinajstić information content (AvgIpc) is 3.09. The van der Waals surface area contributed by atoms with Crippen molar-refractivity contribution in [3.63, 3.8) is 0 Å². The maximum atomic E-state index is 14.9. The summed E-state index contributed by atoms with van der Waals surface area (Å²) in [5.41, 5.74) is 3.68. The number of aromatic nitrogens is 1. The highest BCUT2D eigenvalue weighted by molar-refractivity contribution is 6.46. The Balaban J connectivity index is 1.65. The molecule has 1 aliphatic carbocycles. The molecular formula is C27H23FN2O3. The number of carbonyl (C=O) groups is 2. The second kappa shape index (κ2) is 8.62. The highest BCUT2D eigenvalue weighted by Crippen LogP contribution is 2.41. The van der Waals surface area contributed by atoms with Crippen LogP contribution in [0.2, 0.25) is 0 Å². The smallest absolute Gasteiger partial charge is 0.295 e. The number of Topliss-reactive ketones (excluding diaryl/α,β-unsaturated/α-hetero) is 1. The van der Waals surface area contributed by atoms with Crippen molar-refractivity contribution in [2.75, 3.05) is 0 Å². The molecule has 0 radical (unpaired) electrons. The first-order chi connectivity index (χ1) is 16.0. The summed E-state index contributed by atoms with van der Waals surface area (Å²) in [5.74, 6) is -2.39. The van der Waals surface area contributed by atoms with Gasteiger partial charge in [0.1, 0.15) is 11.6 Å². The third-order valence-corrected chi connectivity index (χ3v) is 6.46. The largest absolute Gasteiger partial charge is 0.507 e. The van der Waals surface area contributed by atoms with Gasteiger partial charge >= 0.3 is 0 Å². The van der Waals surface area contributed by atoms with Crippen LogP contribution in [0.3, 0.4) is 0 Å². The van der Waals surface area contributed by atoms with Crippen LogP contribution >= 0.6 is 0 Å². The molecule has 1 saturated heterocycles. The Morgan fingerprint density at radius 2 is 1.73 bits per heavy atom. The molecule has 0 bridgehead atoms. The lowest BCUT2D eigenvalue weighted by Crippen LogP contribution is -2.29. The number of rotatable bonds is 4. The lowest BCUT2D eigenvalue weighted by atomic mass is 9.88. The highest BCUT2D eigenvalue weighted by atomic mass is 19.1. The molecule has 1 amide bonds. The molecule has 1 unspecified atom stereocenters. The first kappa shape index (κ1) is 21.1. The Labute approximate surface area is 191 Å². The van der Waals surface area contributed by atoms with Crippen molar-refractivity contribution in [3.8, 4) is 0 Å². The summed E-state index contributed by atoms with van der Waals surface area (Å²) in [7, 11) is 0. The summed E-state index contributed by atoms with van der Waals surface area (Å²) in [6.45, 7) is 0.0903. The summed E-state index contributed by atoms with van der Waals surface area (Å²) in [6, 6.07) is 14.1. The second-order valence-corrected chi connectivity index (χ2v) is 8.49. The maximum Gasteiger partial charge on any atom is 0.295 e. The van der Waals surface area contributed by atoms with Gasteiger partial charge in [0, 0.05) is 30.1 Å². The molecule has 2 aromatic carbocycles. The number of amides is 1. The van der Waals surface area contributed by atoms with E-state index in [1.807, 2.05) is 12.1 Å². The Hall–Kier alpha value is -3.80. The molecule has 33 heavy (non-hydrogen) atoms. The van der Waals surface area contributed by atoms with E-state index in [0.717, 1.165) is 36.8 Å². The number of hydrogen-bond acceptors (Lipinski definition) is 4. The van der Waals surface area contributed by atoms with Gasteiger partial charge in [0.25, 0.3) is 11.7 Å². The van der Waals surface area contributed by atoms with E-state index in [0.29, 0.717) is 5.56 Å². The minimum atomic E-state index is -1.03. The first-order valence-corrected chi connectivity index (χ1v) is 11.1. The summed E-state index contributed by atoms with van der Waals surface area (Å²) in [6.07, 6.45) is 7.29. The van der Waals surface area contributed by atoms with E-state index in [-0.39, 0.29) is 23.4 Å². The van der Waals surface area contributed by atoms with Gasteiger partial charge in [0.05, 0.1) is 11.6 Å². The molecule has 2 aliphatic rings. The number of nitrogens with zero attached hydrogens (tertiary/aromatic N) is 2. The van der Waals surface area contributed by atoms with Crippen LogP contribution in [0.25, 0.3) is 5.76 Å². The average molecular weight is 442 g/mol. The summed E-state index contributed by atoms with van der Waals surface area (Å²) < 4.78 is 14.9. The van der Waals surface area contributed by atoms with Gasteiger partial charge in [0.15, 0.2) is 0 Å². The van der Waals surface area contributed by atoms with Crippen molar-refractivity contribution in [2.45, 2.75) is 38.3 Å². The molecule has 1 N–H and O–H groups in total. The summed E-state index contributed by atoms with van der Waals surface area (Å²) in [5, 5.41) is 11.3. The number of carbonyl (C=O) groups excluding carboxylic acids is 2. The van der Waals surface area contributed by atoms with Crippen LogP contribution in [0.4, 0.5) is 4.39 Å². The van der Waals surface area contributed by atoms with Crippen LogP contribution in [0.15, 0.2) is 72.6 Å². The second-order valence-electron chi connectivity index (χ2n) is 8.49. The number of ketones is 1. The van der Waals surface area contributed by atoms with Crippen molar-refractivity contribution in [2.24, 2.45) is 0 Å². The van der Waals surface area contributed by atoms with Crippen molar-refractivity contribution in [3.05, 3.63) is 106 Å². The molecule has 1 atom stereocenters. The number of aliphatic hydroxyl groups excluding tert-OH is 1. The Kier molecular flexibility index (Phi) is 5.50. The topological polar surface area (TPSA) is 70.5 Å². The van der Waals surface area contributed by atoms with E-state index in [1.54, 1.807) is 48.8 Å². The number of halogens is 1. The zero-order valence-corrected chi connectivity index (χ0v) is 18.0. The van der Waals surface area contributed by atoms with E-state index >= 15 is 0 Å². The fourth-order valence-corrected chi connectivity index (χ4v) is 4.78.